The number of benzene rings is 3. The first-order chi connectivity index (χ1) is 20.1. The summed E-state index contributed by atoms with van der Waals surface area (Å²) >= 11 is 3.44. The van der Waals surface area contributed by atoms with Gasteiger partial charge in [-0.15, -0.1) is 0 Å². The van der Waals surface area contributed by atoms with Crippen molar-refractivity contribution in [1.29, 1.82) is 0 Å². The van der Waals surface area contributed by atoms with Crippen LogP contribution in [0.25, 0.3) is 0 Å². The van der Waals surface area contributed by atoms with Gasteiger partial charge in [-0.25, -0.2) is 8.42 Å². The third-order valence-corrected chi connectivity index (χ3v) is 8.24. The lowest BCUT2D eigenvalue weighted by Crippen LogP contribution is -2.51. The van der Waals surface area contributed by atoms with Gasteiger partial charge in [0, 0.05) is 36.4 Å². The van der Waals surface area contributed by atoms with Crippen molar-refractivity contribution in [2.75, 3.05) is 17.1 Å². The quantitative estimate of drug-likeness (QED) is 0.234. The molecule has 0 spiro atoms. The van der Waals surface area contributed by atoms with Crippen molar-refractivity contribution in [3.05, 3.63) is 100 Å². The summed E-state index contributed by atoms with van der Waals surface area (Å²) in [7, 11) is -3.96. The van der Waals surface area contributed by atoms with Crippen molar-refractivity contribution >= 4 is 43.5 Å². The van der Waals surface area contributed by atoms with Crippen LogP contribution in [0.15, 0.2) is 83.3 Å². The molecular weight excluding hydrogens is 647 g/mol. The highest BCUT2D eigenvalue weighted by Gasteiger charge is 2.33. The van der Waals surface area contributed by atoms with Crippen molar-refractivity contribution in [3.8, 4) is 0 Å². The molecule has 0 aliphatic carbocycles. The Balaban J connectivity index is 1.90. The number of alkyl halides is 3. The van der Waals surface area contributed by atoms with Gasteiger partial charge in [-0.2, -0.15) is 13.2 Å². The highest BCUT2D eigenvalue weighted by molar-refractivity contribution is 9.10. The van der Waals surface area contributed by atoms with Gasteiger partial charge >= 0.3 is 6.18 Å². The lowest BCUT2D eigenvalue weighted by Gasteiger charge is -2.32. The molecule has 12 heteroatoms. The number of nitrogens with one attached hydrogen (secondary N) is 1. The first kappa shape index (κ1) is 34.1. The molecule has 0 fully saturated rings. The van der Waals surface area contributed by atoms with Crippen LogP contribution in [0, 0.1) is 0 Å². The van der Waals surface area contributed by atoms with Gasteiger partial charge in [0.1, 0.15) is 6.04 Å². The van der Waals surface area contributed by atoms with Crippen molar-refractivity contribution in [1.82, 2.24) is 10.2 Å². The number of halogens is 4. The highest BCUT2D eigenvalue weighted by Crippen LogP contribution is 2.32. The molecule has 3 aromatic rings. The molecule has 0 heterocycles. The fourth-order valence-corrected chi connectivity index (χ4v) is 6.01. The average molecular weight is 683 g/mol. The molecule has 43 heavy (non-hydrogen) atoms. The predicted molar refractivity (Wildman–Crippen MR) is 165 cm³/mol. The Morgan fingerprint density at radius 3 is 2.19 bits per heavy atom. The molecule has 1 unspecified atom stereocenters. The maximum Gasteiger partial charge on any atom is 0.416 e. The van der Waals surface area contributed by atoms with E-state index in [-0.39, 0.29) is 50.0 Å². The second kappa shape index (κ2) is 14.9. The monoisotopic (exact) mass is 681 g/mol. The number of carbonyl (C=O) groups excluding carboxylic acids is 2. The minimum atomic E-state index is -4.65. The molecule has 232 valence electrons. The number of carbonyl (C=O) groups is 2. The fraction of sp³-hybridized carbons (Fsp3) is 0.355. The van der Waals surface area contributed by atoms with Gasteiger partial charge in [0.2, 0.25) is 21.8 Å². The number of anilines is 1. The van der Waals surface area contributed by atoms with Crippen molar-refractivity contribution in [3.63, 3.8) is 0 Å². The van der Waals surface area contributed by atoms with Crippen molar-refractivity contribution in [2.45, 2.75) is 57.9 Å². The molecule has 0 aliphatic rings. The van der Waals surface area contributed by atoms with Gasteiger partial charge in [-0.05, 0) is 61.7 Å². The Morgan fingerprint density at radius 1 is 0.930 bits per heavy atom. The van der Waals surface area contributed by atoms with Crippen LogP contribution in [0.5, 0.6) is 0 Å². The Kier molecular flexibility index (Phi) is 11.8. The molecule has 0 saturated carbocycles. The molecule has 0 aliphatic heterocycles. The number of nitrogens with zero attached hydrogens (tertiary/aromatic N) is 2. The number of hydrogen-bond acceptors (Lipinski definition) is 4. The van der Waals surface area contributed by atoms with Crippen molar-refractivity contribution in [2.24, 2.45) is 0 Å². The molecular formula is C31H35BrF3N3O4S. The van der Waals surface area contributed by atoms with Crippen LogP contribution in [-0.4, -0.2) is 50.0 Å². The second-order valence-electron chi connectivity index (χ2n) is 10.5. The molecule has 0 saturated heterocycles. The summed E-state index contributed by atoms with van der Waals surface area (Å²) < 4.78 is 66.7. The van der Waals surface area contributed by atoms with Gasteiger partial charge < -0.3 is 10.2 Å². The van der Waals surface area contributed by atoms with E-state index < -0.39 is 33.7 Å². The van der Waals surface area contributed by atoms with Crippen LogP contribution in [-0.2, 0) is 38.8 Å². The number of sulfonamides is 1. The standard InChI is InChI=1S/C31H35BrF3N3O4S/c1-22(2)36-30(40)28(19-23-10-5-4-6-11-23)37(21-24-12-7-14-26(32)18-24)29(39)16-9-17-38(43(3,41)42)27-15-8-13-25(20-27)31(33,34)35/h4-8,10-15,18,20,22,28H,9,16-17,19,21H2,1-3H3,(H,36,40). The molecule has 0 radical (unpaired) electrons. The Bertz CT molecular complexity index is 1500. The maximum atomic E-state index is 13.8. The summed E-state index contributed by atoms with van der Waals surface area (Å²) in [6.07, 6.45) is -3.62. The van der Waals surface area contributed by atoms with E-state index in [2.05, 4.69) is 21.2 Å². The van der Waals surface area contributed by atoms with E-state index in [1.54, 1.807) is 0 Å². The van der Waals surface area contributed by atoms with Gasteiger partial charge in [0.15, 0.2) is 0 Å². The minimum Gasteiger partial charge on any atom is -0.352 e. The van der Waals surface area contributed by atoms with E-state index in [9.17, 15) is 31.2 Å². The predicted octanol–water partition coefficient (Wildman–Crippen LogP) is 6.18. The zero-order valence-electron chi connectivity index (χ0n) is 24.1. The van der Waals surface area contributed by atoms with Crippen molar-refractivity contribution < 1.29 is 31.2 Å². The van der Waals surface area contributed by atoms with Gasteiger partial charge in [-0.3, -0.25) is 13.9 Å². The summed E-state index contributed by atoms with van der Waals surface area (Å²) in [4.78, 5) is 28.8. The van der Waals surface area contributed by atoms with Gasteiger partial charge in [0.05, 0.1) is 17.5 Å². The van der Waals surface area contributed by atoms with Crippen LogP contribution in [0.1, 0.15) is 43.4 Å². The van der Waals surface area contributed by atoms with E-state index in [1.165, 1.54) is 11.0 Å². The van der Waals surface area contributed by atoms with Gasteiger partial charge in [0.25, 0.3) is 0 Å². The SMILES string of the molecule is CC(C)NC(=O)C(Cc1ccccc1)N(Cc1cccc(Br)c1)C(=O)CCCN(c1cccc(C(F)(F)F)c1)S(C)(=O)=O. The largest absolute Gasteiger partial charge is 0.416 e. The van der Waals surface area contributed by atoms with Crippen LogP contribution >= 0.6 is 15.9 Å². The third-order valence-electron chi connectivity index (χ3n) is 6.56. The van der Waals surface area contributed by atoms with E-state index in [1.807, 2.05) is 68.4 Å². The molecule has 2 amide bonds. The van der Waals surface area contributed by atoms with Gasteiger partial charge in [-0.1, -0.05) is 64.5 Å². The van der Waals surface area contributed by atoms with E-state index >= 15 is 0 Å². The van der Waals surface area contributed by atoms with Crippen LogP contribution < -0.4 is 9.62 Å². The first-order valence-electron chi connectivity index (χ1n) is 13.7. The normalized spacial score (nSPS) is 12.6. The summed E-state index contributed by atoms with van der Waals surface area (Å²) in [5.41, 5.74) is 0.509. The lowest BCUT2D eigenvalue weighted by molar-refractivity contribution is -0.141. The zero-order chi connectivity index (χ0) is 31.8. The third kappa shape index (κ3) is 10.4. The van der Waals surface area contributed by atoms with Crippen LogP contribution in [0.3, 0.4) is 0 Å². The molecule has 1 atom stereocenters. The lowest BCUT2D eigenvalue weighted by atomic mass is 10.0. The second-order valence-corrected chi connectivity index (χ2v) is 13.3. The highest BCUT2D eigenvalue weighted by atomic mass is 79.9. The molecule has 3 aromatic carbocycles. The summed E-state index contributed by atoms with van der Waals surface area (Å²) in [6, 6.07) is 19.7. The smallest absolute Gasteiger partial charge is 0.352 e. The number of amides is 2. The van der Waals surface area contributed by atoms with E-state index in [0.29, 0.717) is 0 Å². The minimum absolute atomic E-state index is 0.0149. The molecule has 0 bridgehead atoms. The Hall–Kier alpha value is -3.38. The number of rotatable bonds is 13. The Morgan fingerprint density at radius 2 is 1.58 bits per heavy atom. The topological polar surface area (TPSA) is 86.8 Å². The molecule has 7 nitrogen and oxygen atoms in total. The summed E-state index contributed by atoms with van der Waals surface area (Å²) in [5, 5.41) is 2.91. The fourth-order valence-electron chi connectivity index (χ4n) is 4.61. The van der Waals surface area contributed by atoms with Crippen LogP contribution in [0.2, 0.25) is 0 Å². The number of hydrogen-bond donors (Lipinski definition) is 1. The van der Waals surface area contributed by atoms with E-state index in [4.69, 9.17) is 0 Å². The first-order valence-corrected chi connectivity index (χ1v) is 16.3. The maximum absolute atomic E-state index is 13.8. The van der Waals surface area contributed by atoms with Crippen LogP contribution in [0.4, 0.5) is 18.9 Å². The molecule has 1 N–H and O–H groups in total. The molecule has 0 aromatic heterocycles. The summed E-state index contributed by atoms with van der Waals surface area (Å²) in [5.74, 6) is -0.721. The summed E-state index contributed by atoms with van der Waals surface area (Å²) in [6.45, 7) is 3.54. The average Bonchev–Trinajstić information content (AvgIpc) is 2.92. The zero-order valence-corrected chi connectivity index (χ0v) is 26.5. The Labute approximate surface area is 259 Å². The van der Waals surface area contributed by atoms with E-state index in [0.717, 1.165) is 44.4 Å². The molecule has 3 rings (SSSR count).